The van der Waals surface area contributed by atoms with Crippen molar-refractivity contribution in [1.82, 2.24) is 4.98 Å². The lowest BCUT2D eigenvalue weighted by atomic mass is 10.1. The Morgan fingerprint density at radius 2 is 1.93 bits per heavy atom. The number of ketones is 1. The van der Waals surface area contributed by atoms with Gasteiger partial charge < -0.3 is 14.8 Å². The standard InChI is InChI=1S/C21H20N2O4/c1-4-27-21(25)17-12-22-20-16(9-6-10-18(20)26-3)19(17)23-15-8-5-7-14(11-15)13(2)24/h5-12H,4H2,1-3H3,(H,22,23). The SMILES string of the molecule is CCOC(=O)c1cnc2c(OC)cccc2c1Nc1cccc(C(C)=O)c1. The summed E-state index contributed by atoms with van der Waals surface area (Å²) < 4.78 is 10.5. The van der Waals surface area contributed by atoms with E-state index >= 15 is 0 Å². The van der Waals surface area contributed by atoms with Crippen molar-refractivity contribution in [2.75, 3.05) is 19.0 Å². The van der Waals surface area contributed by atoms with Crippen molar-refractivity contribution in [3.63, 3.8) is 0 Å². The molecule has 0 radical (unpaired) electrons. The van der Waals surface area contributed by atoms with Gasteiger partial charge in [-0.05, 0) is 32.0 Å². The van der Waals surface area contributed by atoms with Gasteiger partial charge in [0.25, 0.3) is 0 Å². The number of fused-ring (bicyclic) bond motifs is 1. The van der Waals surface area contributed by atoms with Gasteiger partial charge in [0.2, 0.25) is 0 Å². The van der Waals surface area contributed by atoms with Gasteiger partial charge in [-0.3, -0.25) is 9.78 Å². The van der Waals surface area contributed by atoms with Crippen LogP contribution in [0.1, 0.15) is 34.6 Å². The third kappa shape index (κ3) is 3.74. The van der Waals surface area contributed by atoms with E-state index in [-0.39, 0.29) is 12.4 Å². The minimum atomic E-state index is -0.472. The number of hydrogen-bond acceptors (Lipinski definition) is 6. The Bertz CT molecular complexity index is 1010. The molecule has 0 aliphatic carbocycles. The van der Waals surface area contributed by atoms with Crippen molar-refractivity contribution in [1.29, 1.82) is 0 Å². The molecule has 0 bridgehead atoms. The topological polar surface area (TPSA) is 77.5 Å². The molecular weight excluding hydrogens is 344 g/mol. The lowest BCUT2D eigenvalue weighted by Crippen LogP contribution is -2.09. The van der Waals surface area contributed by atoms with Crippen LogP contribution in [0.4, 0.5) is 11.4 Å². The third-order valence-electron chi connectivity index (χ3n) is 4.11. The van der Waals surface area contributed by atoms with Gasteiger partial charge >= 0.3 is 5.97 Å². The van der Waals surface area contributed by atoms with Crippen LogP contribution in [-0.4, -0.2) is 30.5 Å². The number of nitrogens with one attached hydrogen (secondary N) is 1. The fourth-order valence-electron chi connectivity index (χ4n) is 2.82. The molecule has 0 unspecified atom stereocenters. The molecule has 0 spiro atoms. The number of carbonyl (C=O) groups is 2. The van der Waals surface area contributed by atoms with Crippen LogP contribution in [0.15, 0.2) is 48.7 Å². The lowest BCUT2D eigenvalue weighted by Gasteiger charge is -2.15. The minimum Gasteiger partial charge on any atom is -0.494 e. The Labute approximate surface area is 157 Å². The molecule has 0 fully saturated rings. The Morgan fingerprint density at radius 1 is 1.15 bits per heavy atom. The maximum Gasteiger partial charge on any atom is 0.341 e. The average Bonchev–Trinajstić information content (AvgIpc) is 2.68. The Balaban J connectivity index is 2.18. The molecule has 0 atom stereocenters. The summed E-state index contributed by atoms with van der Waals surface area (Å²) in [6, 6.07) is 12.6. The van der Waals surface area contributed by atoms with Gasteiger partial charge in [0.1, 0.15) is 16.8 Å². The van der Waals surface area contributed by atoms with Crippen LogP contribution < -0.4 is 10.1 Å². The molecule has 3 rings (SSSR count). The van der Waals surface area contributed by atoms with Crippen molar-refractivity contribution in [3.05, 3.63) is 59.8 Å². The largest absolute Gasteiger partial charge is 0.494 e. The summed E-state index contributed by atoms with van der Waals surface area (Å²) in [6.45, 7) is 3.52. The zero-order valence-corrected chi connectivity index (χ0v) is 15.4. The highest BCUT2D eigenvalue weighted by atomic mass is 16.5. The molecule has 1 aromatic heterocycles. The summed E-state index contributed by atoms with van der Waals surface area (Å²) in [5.74, 6) is 0.0916. The number of esters is 1. The van der Waals surface area contributed by atoms with Gasteiger partial charge in [-0.25, -0.2) is 4.79 Å². The monoisotopic (exact) mass is 364 g/mol. The summed E-state index contributed by atoms with van der Waals surface area (Å²) >= 11 is 0. The fraction of sp³-hybridized carbons (Fsp3) is 0.190. The summed E-state index contributed by atoms with van der Waals surface area (Å²) in [6.07, 6.45) is 1.47. The maximum atomic E-state index is 12.4. The molecule has 0 saturated heterocycles. The number of pyridine rings is 1. The summed E-state index contributed by atoms with van der Waals surface area (Å²) in [5, 5.41) is 3.97. The van der Waals surface area contributed by atoms with Crippen LogP contribution in [0.25, 0.3) is 10.9 Å². The molecule has 0 amide bonds. The number of methoxy groups -OCH3 is 1. The van der Waals surface area contributed by atoms with Gasteiger partial charge in [-0.2, -0.15) is 0 Å². The fourth-order valence-corrected chi connectivity index (χ4v) is 2.82. The molecule has 6 nitrogen and oxygen atoms in total. The minimum absolute atomic E-state index is 0.0366. The first kappa shape index (κ1) is 18.4. The molecule has 3 aromatic rings. The van der Waals surface area contributed by atoms with Gasteiger partial charge in [-0.15, -0.1) is 0 Å². The summed E-state index contributed by atoms with van der Waals surface area (Å²) in [7, 11) is 1.57. The number of carbonyl (C=O) groups excluding carboxylic acids is 2. The zero-order valence-electron chi connectivity index (χ0n) is 15.4. The van der Waals surface area contributed by atoms with Gasteiger partial charge in [0.05, 0.1) is 19.4 Å². The molecule has 2 aromatic carbocycles. The van der Waals surface area contributed by atoms with E-state index in [1.54, 1.807) is 38.3 Å². The van der Waals surface area contributed by atoms with Gasteiger partial charge in [0, 0.05) is 22.8 Å². The Morgan fingerprint density at radius 3 is 2.63 bits per heavy atom. The first-order valence-corrected chi connectivity index (χ1v) is 8.56. The van der Waals surface area contributed by atoms with Crippen LogP contribution in [0, 0.1) is 0 Å². The highest BCUT2D eigenvalue weighted by Gasteiger charge is 2.18. The molecular formula is C21H20N2O4. The highest BCUT2D eigenvalue weighted by Crippen LogP contribution is 2.34. The highest BCUT2D eigenvalue weighted by molar-refractivity contribution is 6.07. The number of hydrogen-bond donors (Lipinski definition) is 1. The van der Waals surface area contributed by atoms with Crippen LogP contribution in [0.2, 0.25) is 0 Å². The van der Waals surface area contributed by atoms with Crippen LogP contribution in [0.3, 0.4) is 0 Å². The van der Waals surface area contributed by atoms with E-state index in [1.807, 2.05) is 18.2 Å². The van der Waals surface area contributed by atoms with E-state index in [4.69, 9.17) is 9.47 Å². The number of para-hydroxylation sites is 1. The Hall–Kier alpha value is -3.41. The molecule has 1 N–H and O–H groups in total. The van der Waals surface area contributed by atoms with E-state index in [0.29, 0.717) is 39.2 Å². The summed E-state index contributed by atoms with van der Waals surface area (Å²) in [5.41, 5.74) is 2.75. The smallest absolute Gasteiger partial charge is 0.341 e. The average molecular weight is 364 g/mol. The predicted octanol–water partition coefficient (Wildman–Crippen LogP) is 4.37. The molecule has 27 heavy (non-hydrogen) atoms. The number of benzene rings is 2. The van der Waals surface area contributed by atoms with E-state index in [9.17, 15) is 9.59 Å². The second kappa shape index (κ2) is 7.86. The quantitative estimate of drug-likeness (QED) is 0.517. The van der Waals surface area contributed by atoms with Crippen molar-refractivity contribution in [2.24, 2.45) is 0 Å². The normalized spacial score (nSPS) is 10.5. The van der Waals surface area contributed by atoms with E-state index < -0.39 is 5.97 Å². The first-order valence-electron chi connectivity index (χ1n) is 8.56. The van der Waals surface area contributed by atoms with Gasteiger partial charge in [0.15, 0.2) is 5.78 Å². The van der Waals surface area contributed by atoms with Crippen molar-refractivity contribution < 1.29 is 19.1 Å². The maximum absolute atomic E-state index is 12.4. The Kier molecular flexibility index (Phi) is 5.35. The zero-order chi connectivity index (χ0) is 19.4. The molecule has 0 aliphatic rings. The van der Waals surface area contributed by atoms with Crippen molar-refractivity contribution in [2.45, 2.75) is 13.8 Å². The molecule has 0 aliphatic heterocycles. The molecule has 0 saturated carbocycles. The number of anilines is 2. The van der Waals surface area contributed by atoms with Gasteiger partial charge in [-0.1, -0.05) is 24.3 Å². The summed E-state index contributed by atoms with van der Waals surface area (Å²) in [4.78, 5) is 28.5. The first-order chi connectivity index (χ1) is 13.0. The number of Topliss-reactive ketones (excluding diaryl/α,β-unsaturated/α-hetero) is 1. The second-order valence-electron chi connectivity index (χ2n) is 5.89. The molecule has 6 heteroatoms. The van der Waals surface area contributed by atoms with Crippen LogP contribution in [-0.2, 0) is 4.74 Å². The number of ether oxygens (including phenoxy) is 2. The molecule has 138 valence electrons. The number of rotatable bonds is 6. The van der Waals surface area contributed by atoms with E-state index in [0.717, 1.165) is 0 Å². The van der Waals surface area contributed by atoms with Crippen molar-refractivity contribution in [3.8, 4) is 5.75 Å². The van der Waals surface area contributed by atoms with E-state index in [1.165, 1.54) is 13.1 Å². The predicted molar refractivity (Wildman–Crippen MR) is 104 cm³/mol. The second-order valence-corrected chi connectivity index (χ2v) is 5.89. The molecule has 1 heterocycles. The van der Waals surface area contributed by atoms with Crippen molar-refractivity contribution >= 4 is 34.0 Å². The lowest BCUT2D eigenvalue weighted by molar-refractivity contribution is 0.0527. The number of nitrogens with zero attached hydrogens (tertiary/aromatic N) is 1. The van der Waals surface area contributed by atoms with Crippen LogP contribution >= 0.6 is 0 Å². The van der Waals surface area contributed by atoms with E-state index in [2.05, 4.69) is 10.3 Å². The number of aromatic nitrogens is 1. The third-order valence-corrected chi connectivity index (χ3v) is 4.11. The van der Waals surface area contributed by atoms with Crippen LogP contribution in [0.5, 0.6) is 5.75 Å².